The van der Waals surface area contributed by atoms with Gasteiger partial charge < -0.3 is 10.7 Å². The number of rotatable bonds is 8. The fraction of sp³-hybridized carbons (Fsp3) is 0.318. The van der Waals surface area contributed by atoms with Gasteiger partial charge in [0.15, 0.2) is 5.69 Å². The quantitative estimate of drug-likeness (QED) is 0.262. The van der Waals surface area contributed by atoms with Crippen molar-refractivity contribution in [3.05, 3.63) is 65.3 Å². The lowest BCUT2D eigenvalue weighted by Gasteiger charge is -2.18. The van der Waals surface area contributed by atoms with E-state index < -0.39 is 0 Å². The summed E-state index contributed by atoms with van der Waals surface area (Å²) in [4.78, 5) is 13.1. The van der Waals surface area contributed by atoms with Crippen LogP contribution in [0.3, 0.4) is 0 Å². The van der Waals surface area contributed by atoms with E-state index in [0.29, 0.717) is 24.2 Å². The monoisotopic (exact) mass is 422 g/mol. The molecule has 0 aliphatic heterocycles. The van der Waals surface area contributed by atoms with Crippen LogP contribution in [0.5, 0.6) is 0 Å². The molecule has 0 spiro atoms. The molecule has 1 heterocycles. The Hall–Kier alpha value is -3.46. The number of carbonyl (C=O) groups excluding carboxylic acids is 1. The average molecular weight is 422 g/mol. The van der Waals surface area contributed by atoms with Gasteiger partial charge in [-0.2, -0.15) is 5.43 Å². The number of halogens is 1. The molecule has 2 aliphatic rings. The maximum absolute atomic E-state index is 13.2. The molecule has 1 saturated carbocycles. The number of aromatic nitrogens is 3. The van der Waals surface area contributed by atoms with Crippen molar-refractivity contribution >= 4 is 24.0 Å². The summed E-state index contributed by atoms with van der Waals surface area (Å²) in [6.07, 6.45) is 11.4. The Labute approximate surface area is 179 Å². The Balaban J connectivity index is 1.44. The topological polar surface area (TPSA) is 113 Å². The maximum Gasteiger partial charge on any atom is 0.257 e. The van der Waals surface area contributed by atoms with Gasteiger partial charge in [-0.1, -0.05) is 22.5 Å². The van der Waals surface area contributed by atoms with Gasteiger partial charge in [-0.05, 0) is 50.0 Å². The van der Waals surface area contributed by atoms with Crippen molar-refractivity contribution in [2.24, 2.45) is 5.10 Å². The second-order valence-corrected chi connectivity index (χ2v) is 8.05. The van der Waals surface area contributed by atoms with Crippen molar-refractivity contribution in [2.45, 2.75) is 44.2 Å². The van der Waals surface area contributed by atoms with E-state index in [1.165, 1.54) is 12.3 Å². The summed E-state index contributed by atoms with van der Waals surface area (Å²) in [5.41, 5.74) is 4.25. The molecule has 0 bridgehead atoms. The predicted molar refractivity (Wildman–Crippen MR) is 115 cm³/mol. The molecular formula is C22H25FN7O+. The Bertz CT molecular complexity index is 1080. The Morgan fingerprint density at radius 1 is 1.48 bits per heavy atom. The average Bonchev–Trinajstić information content (AvgIpc) is 3.34. The first-order valence-electron chi connectivity index (χ1n) is 10.2. The van der Waals surface area contributed by atoms with E-state index in [1.807, 2.05) is 31.3 Å². The van der Waals surface area contributed by atoms with Gasteiger partial charge in [0.25, 0.3) is 5.91 Å². The van der Waals surface area contributed by atoms with Crippen molar-refractivity contribution in [1.29, 1.82) is 5.41 Å². The van der Waals surface area contributed by atoms with E-state index >= 15 is 0 Å². The van der Waals surface area contributed by atoms with E-state index in [2.05, 4.69) is 20.7 Å². The summed E-state index contributed by atoms with van der Waals surface area (Å²) in [7, 11) is 0. The molecule has 1 atom stereocenters. The molecule has 9 heteroatoms. The number of carbonyl (C=O) groups is 1. The highest BCUT2D eigenvalue weighted by molar-refractivity contribution is 6.14. The minimum absolute atomic E-state index is 0.0184. The second-order valence-electron chi connectivity index (χ2n) is 8.05. The summed E-state index contributed by atoms with van der Waals surface area (Å²) >= 11 is 0. The molecule has 1 aromatic carbocycles. The van der Waals surface area contributed by atoms with E-state index in [4.69, 9.17) is 5.41 Å². The zero-order chi connectivity index (χ0) is 21.8. The number of nitrogens with two attached hydrogens (primary N) is 1. The van der Waals surface area contributed by atoms with Crippen molar-refractivity contribution in [3.8, 4) is 0 Å². The Morgan fingerprint density at radius 2 is 2.32 bits per heavy atom. The van der Waals surface area contributed by atoms with Crippen LogP contribution in [-0.2, 0) is 6.54 Å². The lowest BCUT2D eigenvalue weighted by atomic mass is 9.98. The fourth-order valence-corrected chi connectivity index (χ4v) is 3.61. The number of nitrogens with zero attached hydrogens (tertiary/aromatic N) is 4. The number of allylic oxidation sites excluding steroid dienone is 4. The number of quaternary nitrogens is 1. The van der Waals surface area contributed by atoms with Gasteiger partial charge in [0.1, 0.15) is 17.6 Å². The van der Waals surface area contributed by atoms with Crippen LogP contribution in [0.2, 0.25) is 0 Å². The van der Waals surface area contributed by atoms with Crippen LogP contribution in [-0.4, -0.2) is 38.9 Å². The standard InChI is InChI=1S/C22H24FN7O/c1-15-2-7-19(27-25-11-10-24)18(12-15)21(31)26-22(8-9-22)14-30-13-20(28-29-30)16-3-5-17(23)6-4-16/h2-3,5-7,10-13,16,24,27H,4,8-9,14H2,1H3,(H,26,31)/p+1. The van der Waals surface area contributed by atoms with Crippen LogP contribution in [0, 0.1) is 12.3 Å². The van der Waals surface area contributed by atoms with Gasteiger partial charge >= 0.3 is 0 Å². The van der Waals surface area contributed by atoms with Gasteiger partial charge in [-0.15, -0.1) is 5.10 Å². The minimum Gasteiger partial charge on any atom is -0.345 e. The van der Waals surface area contributed by atoms with Crippen LogP contribution < -0.4 is 10.7 Å². The molecular weight excluding hydrogens is 397 g/mol. The number of hydrogen-bond donors (Lipinski definition) is 3. The van der Waals surface area contributed by atoms with Crippen molar-refractivity contribution < 1.29 is 14.6 Å². The van der Waals surface area contributed by atoms with Crippen molar-refractivity contribution in [3.63, 3.8) is 0 Å². The highest BCUT2D eigenvalue weighted by Gasteiger charge is 2.45. The normalized spacial score (nSPS) is 19.3. The Kier molecular flexibility index (Phi) is 5.85. The highest BCUT2D eigenvalue weighted by atomic mass is 19.1. The first-order chi connectivity index (χ1) is 15.0. The van der Waals surface area contributed by atoms with Crippen LogP contribution in [0.4, 0.5) is 10.1 Å². The number of benzene rings is 1. The largest absolute Gasteiger partial charge is 0.345 e. The first kappa shape index (κ1) is 20.8. The molecule has 1 aromatic heterocycles. The molecule has 160 valence electrons. The van der Waals surface area contributed by atoms with Crippen molar-refractivity contribution in [2.75, 3.05) is 0 Å². The third-order valence-corrected chi connectivity index (χ3v) is 5.52. The van der Waals surface area contributed by atoms with Crippen LogP contribution in [0.1, 0.15) is 46.8 Å². The van der Waals surface area contributed by atoms with Gasteiger partial charge in [-0.25, -0.2) is 9.07 Å². The third kappa shape index (κ3) is 5.00. The third-order valence-electron chi connectivity index (χ3n) is 5.52. The van der Waals surface area contributed by atoms with E-state index in [9.17, 15) is 9.18 Å². The van der Waals surface area contributed by atoms with Crippen LogP contribution >= 0.6 is 0 Å². The van der Waals surface area contributed by atoms with Crippen LogP contribution in [0.25, 0.3) is 0 Å². The van der Waals surface area contributed by atoms with Gasteiger partial charge in [0.2, 0.25) is 0 Å². The molecule has 4 N–H and O–H groups in total. The summed E-state index contributed by atoms with van der Waals surface area (Å²) < 4.78 is 14.9. The number of amides is 1. The summed E-state index contributed by atoms with van der Waals surface area (Å²) in [6, 6.07) is 5.61. The summed E-state index contributed by atoms with van der Waals surface area (Å²) in [5, 5.41) is 22.7. The molecule has 8 nitrogen and oxygen atoms in total. The molecule has 1 fully saturated rings. The molecule has 1 unspecified atom stereocenters. The smallest absolute Gasteiger partial charge is 0.257 e. The van der Waals surface area contributed by atoms with E-state index in [1.54, 1.807) is 22.3 Å². The number of nitrogens with one attached hydrogen (secondary N) is 2. The second kappa shape index (κ2) is 8.73. The van der Waals surface area contributed by atoms with Crippen molar-refractivity contribution in [1.82, 2.24) is 20.3 Å². The fourth-order valence-electron chi connectivity index (χ4n) is 3.61. The van der Waals surface area contributed by atoms with Gasteiger partial charge in [0, 0.05) is 24.4 Å². The zero-order valence-electron chi connectivity index (χ0n) is 17.3. The molecule has 4 rings (SSSR count). The molecule has 0 saturated heterocycles. The lowest BCUT2D eigenvalue weighted by molar-refractivity contribution is -0.576. The summed E-state index contributed by atoms with van der Waals surface area (Å²) in [5.74, 6) is -0.363. The first-order valence-corrected chi connectivity index (χ1v) is 10.2. The molecule has 2 aliphatic carbocycles. The molecule has 1 amide bonds. The number of aryl methyl sites for hydroxylation is 1. The SMILES string of the molecule is Cc1ccc([NH2+]N=CC=N)c(C(=O)NC2(Cn3cc(C4C=CC(F)=CC4)nn3)CC2)c1. The number of hydrogen-bond acceptors (Lipinski definition) is 5. The van der Waals surface area contributed by atoms with E-state index in [-0.39, 0.29) is 23.2 Å². The lowest BCUT2D eigenvalue weighted by Crippen LogP contribution is -2.72. The predicted octanol–water partition coefficient (Wildman–Crippen LogP) is 2.28. The molecule has 31 heavy (non-hydrogen) atoms. The molecule has 0 radical (unpaired) electrons. The van der Waals surface area contributed by atoms with Gasteiger partial charge in [-0.3, -0.25) is 4.79 Å². The minimum atomic E-state index is -0.351. The van der Waals surface area contributed by atoms with Gasteiger partial charge in [0.05, 0.1) is 17.8 Å². The van der Waals surface area contributed by atoms with E-state index in [0.717, 1.165) is 30.3 Å². The van der Waals surface area contributed by atoms with Crippen LogP contribution in [0.15, 0.2) is 53.6 Å². The Morgan fingerprint density at radius 3 is 3.03 bits per heavy atom. The summed E-state index contributed by atoms with van der Waals surface area (Å²) in [6.45, 7) is 2.47. The maximum atomic E-state index is 13.2. The zero-order valence-corrected chi connectivity index (χ0v) is 17.3. The highest BCUT2D eigenvalue weighted by Crippen LogP contribution is 2.37. The molecule has 2 aromatic rings.